The largest absolute Gasteiger partial charge is 0.399 e. The number of carbonyl (C=O) groups excluding carboxylic acids is 1. The molecule has 116 valence electrons. The zero-order valence-corrected chi connectivity index (χ0v) is 13.1. The molecule has 0 radical (unpaired) electrons. The quantitative estimate of drug-likeness (QED) is 0.641. The minimum atomic E-state index is 0.170. The number of hydrogen-bond acceptors (Lipinski definition) is 2. The lowest BCUT2D eigenvalue weighted by Crippen LogP contribution is -2.38. The van der Waals surface area contributed by atoms with Crippen LogP contribution in [0.4, 0.5) is 5.69 Å². The standard InChI is InChI=1S/C18H28N2O/c1-14(16-6-4-2-3-5-7-16)20-18(21)13-10-15-8-11-17(19)12-9-15/h8-9,11-12,14,16H,2-7,10,13,19H2,1H3,(H,20,21)/t14-/m0/s1. The van der Waals surface area contributed by atoms with Gasteiger partial charge in [-0.15, -0.1) is 0 Å². The first-order valence-corrected chi connectivity index (χ1v) is 8.29. The predicted octanol–water partition coefficient (Wildman–Crippen LogP) is 3.68. The van der Waals surface area contributed by atoms with Gasteiger partial charge in [0.1, 0.15) is 0 Å². The summed E-state index contributed by atoms with van der Waals surface area (Å²) in [6.07, 6.45) is 9.21. The maximum absolute atomic E-state index is 12.1. The smallest absolute Gasteiger partial charge is 0.220 e. The van der Waals surface area contributed by atoms with Gasteiger partial charge in [-0.25, -0.2) is 0 Å². The van der Waals surface area contributed by atoms with Gasteiger partial charge >= 0.3 is 0 Å². The maximum Gasteiger partial charge on any atom is 0.220 e. The molecule has 0 aliphatic heterocycles. The van der Waals surface area contributed by atoms with Gasteiger partial charge in [0.15, 0.2) is 0 Å². The topological polar surface area (TPSA) is 55.1 Å². The second kappa shape index (κ2) is 8.06. The van der Waals surface area contributed by atoms with Crippen molar-refractivity contribution in [1.82, 2.24) is 5.32 Å². The molecule has 1 atom stereocenters. The highest BCUT2D eigenvalue weighted by Gasteiger charge is 2.20. The molecule has 1 saturated carbocycles. The Balaban J connectivity index is 1.74. The Morgan fingerprint density at radius 3 is 2.43 bits per heavy atom. The molecule has 0 saturated heterocycles. The van der Waals surface area contributed by atoms with Crippen LogP contribution in [0.25, 0.3) is 0 Å². The van der Waals surface area contributed by atoms with E-state index in [1.165, 1.54) is 44.1 Å². The summed E-state index contributed by atoms with van der Waals surface area (Å²) in [5.41, 5.74) is 7.60. The van der Waals surface area contributed by atoms with Crippen molar-refractivity contribution < 1.29 is 4.79 Å². The molecule has 3 nitrogen and oxygen atoms in total. The summed E-state index contributed by atoms with van der Waals surface area (Å²) in [5.74, 6) is 0.830. The number of amides is 1. The molecular weight excluding hydrogens is 260 g/mol. The first-order valence-electron chi connectivity index (χ1n) is 8.29. The molecule has 1 aromatic rings. The Hall–Kier alpha value is -1.51. The van der Waals surface area contributed by atoms with E-state index in [4.69, 9.17) is 5.73 Å². The van der Waals surface area contributed by atoms with Crippen molar-refractivity contribution in [3.8, 4) is 0 Å². The molecular formula is C18H28N2O. The maximum atomic E-state index is 12.1. The third kappa shape index (κ3) is 5.41. The zero-order valence-electron chi connectivity index (χ0n) is 13.1. The molecule has 0 spiro atoms. The van der Waals surface area contributed by atoms with Gasteiger partial charge in [-0.3, -0.25) is 4.79 Å². The first-order chi connectivity index (χ1) is 10.1. The summed E-state index contributed by atoms with van der Waals surface area (Å²) in [5, 5.41) is 3.20. The normalized spacial score (nSPS) is 18.0. The minimum absolute atomic E-state index is 0.170. The Kier molecular flexibility index (Phi) is 6.09. The molecule has 3 heteroatoms. The van der Waals surface area contributed by atoms with Gasteiger partial charge in [-0.2, -0.15) is 0 Å². The Bertz CT molecular complexity index is 433. The van der Waals surface area contributed by atoms with Crippen molar-refractivity contribution in [2.75, 3.05) is 5.73 Å². The van der Waals surface area contributed by atoms with Crippen molar-refractivity contribution >= 4 is 11.6 Å². The summed E-state index contributed by atoms with van der Waals surface area (Å²) in [4.78, 5) is 12.1. The van der Waals surface area contributed by atoms with Crippen molar-refractivity contribution in [3.05, 3.63) is 29.8 Å². The molecule has 1 aliphatic carbocycles. The third-order valence-electron chi connectivity index (χ3n) is 4.62. The number of rotatable bonds is 5. The van der Waals surface area contributed by atoms with Crippen LogP contribution < -0.4 is 11.1 Å². The highest BCUT2D eigenvalue weighted by Crippen LogP contribution is 2.25. The van der Waals surface area contributed by atoms with E-state index in [0.717, 1.165) is 12.1 Å². The van der Waals surface area contributed by atoms with Crippen molar-refractivity contribution in [1.29, 1.82) is 0 Å². The number of aryl methyl sites for hydroxylation is 1. The summed E-state index contributed by atoms with van der Waals surface area (Å²) in [6, 6.07) is 8.08. The summed E-state index contributed by atoms with van der Waals surface area (Å²) >= 11 is 0. The summed E-state index contributed by atoms with van der Waals surface area (Å²) in [7, 11) is 0. The molecule has 2 rings (SSSR count). The van der Waals surface area contributed by atoms with E-state index in [1.54, 1.807) is 0 Å². The van der Waals surface area contributed by atoms with Crippen LogP contribution in [0.3, 0.4) is 0 Å². The zero-order chi connectivity index (χ0) is 15.1. The number of nitrogens with one attached hydrogen (secondary N) is 1. The Labute approximate surface area is 128 Å². The molecule has 0 aromatic heterocycles. The van der Waals surface area contributed by atoms with Crippen molar-refractivity contribution in [3.63, 3.8) is 0 Å². The number of nitrogen functional groups attached to an aromatic ring is 1. The molecule has 0 bridgehead atoms. The fourth-order valence-corrected chi connectivity index (χ4v) is 3.20. The van der Waals surface area contributed by atoms with Gasteiger partial charge < -0.3 is 11.1 Å². The van der Waals surface area contributed by atoms with E-state index in [-0.39, 0.29) is 5.91 Å². The summed E-state index contributed by atoms with van der Waals surface area (Å²) in [6.45, 7) is 2.16. The van der Waals surface area contributed by atoms with Gasteiger partial charge in [-0.05, 0) is 49.8 Å². The van der Waals surface area contributed by atoms with E-state index >= 15 is 0 Å². The molecule has 0 heterocycles. The van der Waals surface area contributed by atoms with Crippen molar-refractivity contribution in [2.45, 2.75) is 64.3 Å². The molecule has 1 aliphatic rings. The van der Waals surface area contributed by atoms with Gasteiger partial charge in [0.2, 0.25) is 5.91 Å². The van der Waals surface area contributed by atoms with Crippen LogP contribution in [-0.2, 0) is 11.2 Å². The van der Waals surface area contributed by atoms with E-state index in [1.807, 2.05) is 24.3 Å². The number of hydrogen-bond donors (Lipinski definition) is 2. The number of carbonyl (C=O) groups is 1. The number of benzene rings is 1. The fraction of sp³-hybridized carbons (Fsp3) is 0.611. The summed E-state index contributed by atoms with van der Waals surface area (Å²) < 4.78 is 0. The fourth-order valence-electron chi connectivity index (χ4n) is 3.20. The molecule has 0 unspecified atom stereocenters. The monoisotopic (exact) mass is 288 g/mol. The van der Waals surface area contributed by atoms with E-state index in [2.05, 4.69) is 12.2 Å². The number of nitrogens with two attached hydrogens (primary N) is 1. The first kappa shape index (κ1) is 15.9. The van der Waals surface area contributed by atoms with Crippen LogP contribution in [0.2, 0.25) is 0 Å². The van der Waals surface area contributed by atoms with Gasteiger partial charge in [0.25, 0.3) is 0 Å². The third-order valence-corrected chi connectivity index (χ3v) is 4.62. The van der Waals surface area contributed by atoms with E-state index < -0.39 is 0 Å². The van der Waals surface area contributed by atoms with Crippen LogP contribution in [0.5, 0.6) is 0 Å². The predicted molar refractivity (Wildman–Crippen MR) is 88.0 cm³/mol. The van der Waals surface area contributed by atoms with Crippen LogP contribution in [0, 0.1) is 5.92 Å². The lowest BCUT2D eigenvalue weighted by atomic mass is 9.93. The van der Waals surface area contributed by atoms with Crippen LogP contribution >= 0.6 is 0 Å². The SMILES string of the molecule is C[C@H](NC(=O)CCc1ccc(N)cc1)C1CCCCCC1. The van der Waals surface area contributed by atoms with Crippen LogP contribution in [-0.4, -0.2) is 11.9 Å². The van der Waals surface area contributed by atoms with E-state index in [0.29, 0.717) is 18.4 Å². The highest BCUT2D eigenvalue weighted by atomic mass is 16.1. The van der Waals surface area contributed by atoms with Crippen LogP contribution in [0.15, 0.2) is 24.3 Å². The second-order valence-electron chi connectivity index (χ2n) is 6.35. The average Bonchev–Trinajstić information content (AvgIpc) is 2.76. The molecule has 1 fully saturated rings. The van der Waals surface area contributed by atoms with Gasteiger partial charge in [0.05, 0.1) is 0 Å². The highest BCUT2D eigenvalue weighted by molar-refractivity contribution is 5.76. The van der Waals surface area contributed by atoms with E-state index in [9.17, 15) is 4.79 Å². The number of anilines is 1. The second-order valence-corrected chi connectivity index (χ2v) is 6.35. The molecule has 3 N–H and O–H groups in total. The van der Waals surface area contributed by atoms with Crippen LogP contribution in [0.1, 0.15) is 57.4 Å². The lowest BCUT2D eigenvalue weighted by Gasteiger charge is -2.23. The molecule has 1 amide bonds. The van der Waals surface area contributed by atoms with Crippen molar-refractivity contribution in [2.24, 2.45) is 5.92 Å². The average molecular weight is 288 g/mol. The minimum Gasteiger partial charge on any atom is -0.399 e. The van der Waals surface area contributed by atoms with Gasteiger partial charge in [-0.1, -0.05) is 37.8 Å². The lowest BCUT2D eigenvalue weighted by molar-refractivity contribution is -0.122. The van der Waals surface area contributed by atoms with Gasteiger partial charge in [0, 0.05) is 18.2 Å². The Morgan fingerprint density at radius 2 is 1.81 bits per heavy atom. The molecule has 1 aromatic carbocycles. The Morgan fingerprint density at radius 1 is 1.19 bits per heavy atom. The molecule has 21 heavy (non-hydrogen) atoms.